The molecule has 0 spiro atoms. The Labute approximate surface area is 120 Å². The number of aliphatic hydroxyl groups is 1. The number of hydrogen-bond donors (Lipinski definition) is 3. The van der Waals surface area contributed by atoms with Crippen LogP contribution in [-0.4, -0.2) is 49.2 Å². The number of aromatic nitrogens is 3. The summed E-state index contributed by atoms with van der Waals surface area (Å²) in [4.78, 5) is 23.0. The molecule has 2 atom stereocenters. The minimum atomic E-state index is -1.36. The van der Waals surface area contributed by atoms with Gasteiger partial charge in [-0.1, -0.05) is 5.21 Å². The van der Waals surface area contributed by atoms with E-state index in [1.165, 1.54) is 13.0 Å². The first-order valence-electron chi connectivity index (χ1n) is 6.49. The van der Waals surface area contributed by atoms with Gasteiger partial charge in [-0.3, -0.25) is 4.79 Å². The van der Waals surface area contributed by atoms with Crippen molar-refractivity contribution in [3.63, 3.8) is 0 Å². The van der Waals surface area contributed by atoms with Gasteiger partial charge in [-0.05, 0) is 32.0 Å². The summed E-state index contributed by atoms with van der Waals surface area (Å²) in [7, 11) is 0. The predicted molar refractivity (Wildman–Crippen MR) is 73.8 cm³/mol. The summed E-state index contributed by atoms with van der Waals surface area (Å²) in [6, 6.07) is 3.43. The number of carbonyl (C=O) groups excluding carboxylic acids is 1. The van der Waals surface area contributed by atoms with Crippen molar-refractivity contribution in [2.75, 3.05) is 0 Å². The molecule has 0 radical (unpaired) electrons. The maximum absolute atomic E-state index is 12.0. The van der Waals surface area contributed by atoms with E-state index in [1.807, 2.05) is 6.92 Å². The Hall–Kier alpha value is -2.48. The van der Waals surface area contributed by atoms with Crippen molar-refractivity contribution >= 4 is 22.9 Å². The van der Waals surface area contributed by atoms with Gasteiger partial charge in [-0.25, -0.2) is 9.48 Å². The monoisotopic (exact) mass is 292 g/mol. The van der Waals surface area contributed by atoms with Crippen molar-refractivity contribution in [2.45, 2.75) is 32.5 Å². The Morgan fingerprint density at radius 2 is 2.14 bits per heavy atom. The average molecular weight is 292 g/mol. The van der Waals surface area contributed by atoms with Crippen LogP contribution in [0.1, 0.15) is 24.2 Å². The number of fused-ring (bicyclic) bond motifs is 1. The quantitative estimate of drug-likeness (QED) is 0.715. The molecule has 8 nitrogen and oxygen atoms in total. The van der Waals surface area contributed by atoms with E-state index < -0.39 is 24.0 Å². The fourth-order valence-electron chi connectivity index (χ4n) is 1.96. The molecule has 0 fully saturated rings. The summed E-state index contributed by atoms with van der Waals surface area (Å²) in [6.07, 6.45) is -1.20. The maximum Gasteiger partial charge on any atom is 0.328 e. The zero-order chi connectivity index (χ0) is 15.6. The van der Waals surface area contributed by atoms with Gasteiger partial charge in [0.2, 0.25) is 0 Å². The van der Waals surface area contributed by atoms with Crippen LogP contribution in [0.25, 0.3) is 11.0 Å². The van der Waals surface area contributed by atoms with Gasteiger partial charge in [0, 0.05) is 12.1 Å². The van der Waals surface area contributed by atoms with Crippen LogP contribution in [0.4, 0.5) is 0 Å². The number of benzene rings is 1. The first-order valence-corrected chi connectivity index (χ1v) is 6.49. The van der Waals surface area contributed by atoms with Gasteiger partial charge in [-0.2, -0.15) is 0 Å². The van der Waals surface area contributed by atoms with Crippen molar-refractivity contribution in [2.24, 2.45) is 0 Å². The van der Waals surface area contributed by atoms with E-state index in [0.29, 0.717) is 12.1 Å². The molecule has 2 aromatic rings. The Morgan fingerprint density at radius 1 is 1.43 bits per heavy atom. The standard InChI is InChI=1S/C13H16N4O4/c1-3-17-10-5-4-8(6-9(10)15-16-17)12(19)14-11(7(2)18)13(20)21/h4-7,11,18H,3H2,1-2H3,(H,14,19)(H,20,21). The predicted octanol–water partition coefficient (Wildman–Crippen LogP) is 0.0150. The van der Waals surface area contributed by atoms with Gasteiger partial charge in [-0.15, -0.1) is 5.10 Å². The number of aliphatic hydroxyl groups excluding tert-OH is 1. The summed E-state index contributed by atoms with van der Waals surface area (Å²) in [5.41, 5.74) is 1.60. The van der Waals surface area contributed by atoms with E-state index in [-0.39, 0.29) is 5.56 Å². The van der Waals surface area contributed by atoms with E-state index in [4.69, 9.17) is 5.11 Å². The zero-order valence-corrected chi connectivity index (χ0v) is 11.6. The molecule has 1 amide bonds. The van der Waals surface area contributed by atoms with E-state index in [2.05, 4.69) is 15.6 Å². The highest BCUT2D eigenvalue weighted by Gasteiger charge is 2.25. The van der Waals surface area contributed by atoms with Crippen LogP contribution in [0.15, 0.2) is 18.2 Å². The number of hydrogen-bond acceptors (Lipinski definition) is 5. The van der Waals surface area contributed by atoms with Crippen LogP contribution in [0.2, 0.25) is 0 Å². The average Bonchev–Trinajstić information content (AvgIpc) is 2.85. The third-order valence-corrected chi connectivity index (χ3v) is 3.11. The molecule has 0 saturated heterocycles. The number of carboxylic acid groups (broad SMARTS) is 1. The molecule has 2 rings (SSSR count). The smallest absolute Gasteiger partial charge is 0.328 e. The van der Waals surface area contributed by atoms with Crippen LogP contribution < -0.4 is 5.32 Å². The second-order valence-corrected chi connectivity index (χ2v) is 4.64. The fraction of sp³-hybridized carbons (Fsp3) is 0.385. The molecular weight excluding hydrogens is 276 g/mol. The zero-order valence-electron chi connectivity index (χ0n) is 11.6. The normalized spacial score (nSPS) is 13.9. The number of nitrogens with zero attached hydrogens (tertiary/aromatic N) is 3. The topological polar surface area (TPSA) is 117 Å². The SMILES string of the molecule is CCn1nnc2cc(C(=O)NC(C(=O)O)C(C)O)ccc21. The van der Waals surface area contributed by atoms with Gasteiger partial charge in [0.25, 0.3) is 5.91 Å². The van der Waals surface area contributed by atoms with E-state index in [0.717, 1.165) is 5.52 Å². The van der Waals surface area contributed by atoms with Gasteiger partial charge in [0.15, 0.2) is 6.04 Å². The number of carbonyl (C=O) groups is 2. The van der Waals surface area contributed by atoms with Crippen LogP contribution >= 0.6 is 0 Å². The second-order valence-electron chi connectivity index (χ2n) is 4.64. The van der Waals surface area contributed by atoms with E-state index in [1.54, 1.807) is 16.8 Å². The molecule has 1 heterocycles. The third kappa shape index (κ3) is 3.00. The molecular formula is C13H16N4O4. The highest BCUT2D eigenvalue weighted by Crippen LogP contribution is 2.13. The van der Waals surface area contributed by atoms with Gasteiger partial charge in [0.1, 0.15) is 5.52 Å². The van der Waals surface area contributed by atoms with Crippen LogP contribution in [0.5, 0.6) is 0 Å². The van der Waals surface area contributed by atoms with Gasteiger partial charge >= 0.3 is 5.97 Å². The van der Waals surface area contributed by atoms with Crippen LogP contribution in [-0.2, 0) is 11.3 Å². The lowest BCUT2D eigenvalue weighted by atomic mass is 10.1. The Morgan fingerprint density at radius 3 is 2.71 bits per heavy atom. The number of rotatable bonds is 5. The summed E-state index contributed by atoms with van der Waals surface area (Å²) in [5, 5.41) is 28.5. The highest BCUT2D eigenvalue weighted by atomic mass is 16.4. The molecule has 3 N–H and O–H groups in total. The first-order chi connectivity index (χ1) is 9.93. The summed E-state index contributed by atoms with van der Waals surface area (Å²) in [5.74, 6) is -1.88. The van der Waals surface area contributed by atoms with E-state index >= 15 is 0 Å². The summed E-state index contributed by atoms with van der Waals surface area (Å²) >= 11 is 0. The minimum Gasteiger partial charge on any atom is -0.480 e. The lowest BCUT2D eigenvalue weighted by Crippen LogP contribution is -2.47. The Bertz CT molecular complexity index is 680. The molecule has 21 heavy (non-hydrogen) atoms. The molecule has 2 unspecified atom stereocenters. The molecule has 112 valence electrons. The van der Waals surface area contributed by atoms with Crippen molar-refractivity contribution in [3.05, 3.63) is 23.8 Å². The molecule has 0 saturated carbocycles. The number of amides is 1. The number of nitrogens with one attached hydrogen (secondary N) is 1. The number of aryl methyl sites for hydroxylation is 1. The molecule has 0 bridgehead atoms. The molecule has 0 aliphatic rings. The lowest BCUT2D eigenvalue weighted by Gasteiger charge is -2.16. The molecule has 1 aromatic heterocycles. The first kappa shape index (κ1) is 14.9. The minimum absolute atomic E-state index is 0.262. The third-order valence-electron chi connectivity index (χ3n) is 3.11. The summed E-state index contributed by atoms with van der Waals surface area (Å²) < 4.78 is 1.69. The van der Waals surface area contributed by atoms with E-state index in [9.17, 15) is 14.7 Å². The van der Waals surface area contributed by atoms with Crippen LogP contribution in [0, 0.1) is 0 Å². The largest absolute Gasteiger partial charge is 0.480 e. The number of carboxylic acids is 1. The van der Waals surface area contributed by atoms with Gasteiger partial charge < -0.3 is 15.5 Å². The molecule has 0 aliphatic heterocycles. The maximum atomic E-state index is 12.0. The Kier molecular flexibility index (Phi) is 4.18. The summed E-state index contributed by atoms with van der Waals surface area (Å²) in [6.45, 7) is 3.88. The van der Waals surface area contributed by atoms with Crippen molar-refractivity contribution in [3.8, 4) is 0 Å². The lowest BCUT2D eigenvalue weighted by molar-refractivity contribution is -0.141. The van der Waals surface area contributed by atoms with Crippen molar-refractivity contribution in [1.29, 1.82) is 0 Å². The molecule has 1 aromatic carbocycles. The van der Waals surface area contributed by atoms with Crippen molar-refractivity contribution in [1.82, 2.24) is 20.3 Å². The van der Waals surface area contributed by atoms with Gasteiger partial charge in [0.05, 0.1) is 11.6 Å². The molecule has 8 heteroatoms. The van der Waals surface area contributed by atoms with Crippen molar-refractivity contribution < 1.29 is 19.8 Å². The number of aliphatic carboxylic acids is 1. The van der Waals surface area contributed by atoms with Crippen LogP contribution in [0.3, 0.4) is 0 Å². The second kappa shape index (κ2) is 5.88. The highest BCUT2D eigenvalue weighted by molar-refractivity contribution is 5.99. The fourth-order valence-corrected chi connectivity index (χ4v) is 1.96. The Balaban J connectivity index is 2.25. The molecule has 0 aliphatic carbocycles.